The Bertz CT molecular complexity index is 320. The van der Waals surface area contributed by atoms with Gasteiger partial charge in [0.25, 0.3) is 0 Å². The molecular weight excluding hydrogens is 268 g/mol. The lowest BCUT2D eigenvalue weighted by molar-refractivity contribution is -0.135. The molecule has 3 nitrogen and oxygen atoms in total. The lowest BCUT2D eigenvalue weighted by Gasteiger charge is -2.34. The predicted octanol–water partition coefficient (Wildman–Crippen LogP) is 1.76. The van der Waals surface area contributed by atoms with Gasteiger partial charge in [-0.25, -0.2) is 0 Å². The molecule has 1 aliphatic carbocycles. The molecule has 0 aromatic rings. The molecule has 18 heavy (non-hydrogen) atoms. The molecule has 2 saturated heterocycles. The van der Waals surface area contributed by atoms with Gasteiger partial charge in [-0.1, -0.05) is 0 Å². The monoisotopic (exact) mass is 290 g/mol. The molecule has 0 bridgehead atoms. The summed E-state index contributed by atoms with van der Waals surface area (Å²) in [5.74, 6) is 3.06. The van der Waals surface area contributed by atoms with Crippen molar-refractivity contribution in [2.75, 3.05) is 31.1 Å². The van der Waals surface area contributed by atoms with Crippen molar-refractivity contribution in [3.8, 4) is 0 Å². The van der Waals surface area contributed by atoms with Crippen LogP contribution in [0.5, 0.6) is 0 Å². The second-order valence-electron chi connectivity index (χ2n) is 5.82. The van der Waals surface area contributed by atoms with E-state index in [1.165, 1.54) is 12.8 Å². The standard InChI is InChI=1S/C13H22N2OS.ClH/c1-10-9-17-7-6-15(10)12(16)11-8-13(11)2-4-14-5-3-13;/h10-11,14H,2-9H2,1H3;1H. The van der Waals surface area contributed by atoms with E-state index in [1.807, 2.05) is 11.8 Å². The summed E-state index contributed by atoms with van der Waals surface area (Å²) in [6, 6.07) is 0.445. The Kier molecular flexibility index (Phi) is 4.50. The van der Waals surface area contributed by atoms with Gasteiger partial charge in [0.1, 0.15) is 0 Å². The lowest BCUT2D eigenvalue weighted by atomic mass is 9.91. The first kappa shape index (κ1) is 14.5. The van der Waals surface area contributed by atoms with E-state index in [0.717, 1.165) is 37.6 Å². The van der Waals surface area contributed by atoms with E-state index in [9.17, 15) is 4.79 Å². The number of nitrogens with one attached hydrogen (secondary N) is 1. The molecule has 0 radical (unpaired) electrons. The minimum Gasteiger partial charge on any atom is -0.338 e. The van der Waals surface area contributed by atoms with Gasteiger partial charge < -0.3 is 10.2 Å². The normalized spacial score (nSPS) is 33.9. The number of nitrogens with zero attached hydrogens (tertiary/aromatic N) is 1. The molecule has 2 atom stereocenters. The van der Waals surface area contributed by atoms with Crippen LogP contribution in [0.2, 0.25) is 0 Å². The molecule has 1 saturated carbocycles. The van der Waals surface area contributed by atoms with Crippen LogP contribution < -0.4 is 5.32 Å². The highest BCUT2D eigenvalue weighted by Crippen LogP contribution is 2.59. The van der Waals surface area contributed by atoms with E-state index in [1.54, 1.807) is 0 Å². The highest BCUT2D eigenvalue weighted by atomic mass is 35.5. The average molecular weight is 291 g/mol. The number of halogens is 1. The summed E-state index contributed by atoms with van der Waals surface area (Å²) >= 11 is 1.98. The topological polar surface area (TPSA) is 32.3 Å². The summed E-state index contributed by atoms with van der Waals surface area (Å²) in [4.78, 5) is 14.7. The molecule has 1 N–H and O–H groups in total. The Balaban J connectivity index is 0.00000120. The van der Waals surface area contributed by atoms with Crippen LogP contribution >= 0.6 is 24.2 Å². The molecule has 0 aromatic heterocycles. The van der Waals surface area contributed by atoms with Crippen LogP contribution in [0.4, 0.5) is 0 Å². The molecule has 0 aromatic carbocycles. The average Bonchev–Trinajstić information content (AvgIpc) is 3.04. The van der Waals surface area contributed by atoms with E-state index >= 15 is 0 Å². The van der Waals surface area contributed by atoms with Gasteiger partial charge >= 0.3 is 0 Å². The summed E-state index contributed by atoms with van der Waals surface area (Å²) in [5, 5.41) is 3.40. The van der Waals surface area contributed by atoms with Gasteiger partial charge in [-0.15, -0.1) is 12.4 Å². The van der Waals surface area contributed by atoms with Crippen molar-refractivity contribution in [2.24, 2.45) is 11.3 Å². The molecule has 5 heteroatoms. The number of piperidine rings is 1. The summed E-state index contributed by atoms with van der Waals surface area (Å²) in [5.41, 5.74) is 0.395. The van der Waals surface area contributed by atoms with Crippen LogP contribution in [-0.2, 0) is 4.79 Å². The van der Waals surface area contributed by atoms with Crippen molar-refractivity contribution in [1.29, 1.82) is 0 Å². The van der Waals surface area contributed by atoms with Crippen LogP contribution in [0.15, 0.2) is 0 Å². The maximum atomic E-state index is 12.5. The van der Waals surface area contributed by atoms with Crippen LogP contribution in [0.25, 0.3) is 0 Å². The molecular formula is C13H23ClN2OS. The molecule has 104 valence electrons. The van der Waals surface area contributed by atoms with Gasteiger partial charge in [-0.05, 0) is 44.7 Å². The Labute approximate surface area is 120 Å². The van der Waals surface area contributed by atoms with Crippen LogP contribution in [0, 0.1) is 11.3 Å². The zero-order chi connectivity index (χ0) is 11.9. The third-order valence-corrected chi connectivity index (χ3v) is 5.93. The molecule has 3 aliphatic rings. The largest absolute Gasteiger partial charge is 0.338 e. The fourth-order valence-electron chi connectivity index (χ4n) is 3.43. The van der Waals surface area contributed by atoms with E-state index in [4.69, 9.17) is 0 Å². The first-order valence-corrected chi connectivity index (χ1v) is 7.97. The second kappa shape index (κ2) is 5.59. The number of rotatable bonds is 1. The van der Waals surface area contributed by atoms with Crippen molar-refractivity contribution >= 4 is 30.1 Å². The predicted molar refractivity (Wildman–Crippen MR) is 78.4 cm³/mol. The van der Waals surface area contributed by atoms with Crippen LogP contribution in [0.3, 0.4) is 0 Å². The summed E-state index contributed by atoms with van der Waals surface area (Å²) in [6.07, 6.45) is 3.57. The molecule has 3 rings (SSSR count). The van der Waals surface area contributed by atoms with Gasteiger partial charge in [0, 0.05) is 30.0 Å². The number of amides is 1. The summed E-state index contributed by atoms with van der Waals surface area (Å²) in [7, 11) is 0. The van der Waals surface area contributed by atoms with E-state index in [2.05, 4.69) is 17.1 Å². The smallest absolute Gasteiger partial charge is 0.226 e. The highest BCUT2D eigenvalue weighted by Gasteiger charge is 2.58. The Morgan fingerprint density at radius 3 is 2.78 bits per heavy atom. The quantitative estimate of drug-likeness (QED) is 0.799. The minimum atomic E-state index is 0. The lowest BCUT2D eigenvalue weighted by Crippen LogP contribution is -2.46. The minimum absolute atomic E-state index is 0. The first-order valence-electron chi connectivity index (χ1n) is 6.82. The van der Waals surface area contributed by atoms with Gasteiger partial charge in [0.2, 0.25) is 5.91 Å². The number of hydrogen-bond acceptors (Lipinski definition) is 3. The number of carbonyl (C=O) groups excluding carboxylic acids is 1. The number of hydrogen-bond donors (Lipinski definition) is 1. The second-order valence-corrected chi connectivity index (χ2v) is 6.97. The molecule has 2 heterocycles. The van der Waals surface area contributed by atoms with Gasteiger partial charge in [0.15, 0.2) is 0 Å². The fraction of sp³-hybridized carbons (Fsp3) is 0.923. The molecule has 3 fully saturated rings. The van der Waals surface area contributed by atoms with Crippen molar-refractivity contribution < 1.29 is 4.79 Å². The molecule has 2 unspecified atom stereocenters. The molecule has 2 aliphatic heterocycles. The maximum Gasteiger partial charge on any atom is 0.226 e. The third-order valence-electron chi connectivity index (χ3n) is 4.74. The zero-order valence-electron chi connectivity index (χ0n) is 11.0. The third kappa shape index (κ3) is 2.52. The van der Waals surface area contributed by atoms with Crippen LogP contribution in [-0.4, -0.2) is 48.0 Å². The van der Waals surface area contributed by atoms with Crippen molar-refractivity contribution in [3.05, 3.63) is 0 Å². The molecule has 1 amide bonds. The van der Waals surface area contributed by atoms with Gasteiger partial charge in [-0.3, -0.25) is 4.79 Å². The zero-order valence-corrected chi connectivity index (χ0v) is 12.6. The summed E-state index contributed by atoms with van der Waals surface area (Å²) in [6.45, 7) is 5.38. The number of thioether (sulfide) groups is 1. The fourth-order valence-corrected chi connectivity index (χ4v) is 4.44. The van der Waals surface area contributed by atoms with Gasteiger partial charge in [0.05, 0.1) is 0 Å². The van der Waals surface area contributed by atoms with Gasteiger partial charge in [-0.2, -0.15) is 11.8 Å². The van der Waals surface area contributed by atoms with E-state index < -0.39 is 0 Å². The van der Waals surface area contributed by atoms with Crippen molar-refractivity contribution in [1.82, 2.24) is 10.2 Å². The van der Waals surface area contributed by atoms with E-state index in [-0.39, 0.29) is 12.4 Å². The SMILES string of the molecule is CC1CSCCN1C(=O)C1CC12CCNCC2.Cl. The number of carbonyl (C=O) groups is 1. The van der Waals surface area contributed by atoms with Crippen LogP contribution in [0.1, 0.15) is 26.2 Å². The highest BCUT2D eigenvalue weighted by molar-refractivity contribution is 7.99. The summed E-state index contributed by atoms with van der Waals surface area (Å²) < 4.78 is 0. The Hall–Kier alpha value is 0.0700. The first-order chi connectivity index (χ1) is 8.23. The van der Waals surface area contributed by atoms with E-state index in [0.29, 0.717) is 23.3 Å². The Morgan fingerprint density at radius 1 is 1.39 bits per heavy atom. The molecule has 1 spiro atoms. The van der Waals surface area contributed by atoms with Crippen molar-refractivity contribution in [3.63, 3.8) is 0 Å². The Morgan fingerprint density at radius 2 is 2.11 bits per heavy atom. The maximum absolute atomic E-state index is 12.5. The van der Waals surface area contributed by atoms with Crippen molar-refractivity contribution in [2.45, 2.75) is 32.2 Å².